The number of carbonyl (C=O) groups is 1. The molecule has 0 aromatic carbocycles. The van der Waals surface area contributed by atoms with E-state index in [9.17, 15) is 4.79 Å². The third-order valence-electron chi connectivity index (χ3n) is 4.92. The molecule has 2 fully saturated rings. The number of likely N-dealkylation sites (N-methyl/N-ethyl adjacent to an activating group) is 1. The Bertz CT molecular complexity index is 315. The number of hydrogen-bond acceptors (Lipinski definition) is 4. The molecule has 0 aromatic heterocycles. The number of piperidine rings is 1. The fourth-order valence-corrected chi connectivity index (χ4v) is 3.23. The highest BCUT2D eigenvalue weighted by atomic mass is 16.2. The van der Waals surface area contributed by atoms with Crippen molar-refractivity contribution in [2.45, 2.75) is 25.8 Å². The molecule has 0 spiro atoms. The molecule has 0 saturated carbocycles. The average molecular weight is 282 g/mol. The van der Waals surface area contributed by atoms with Crippen molar-refractivity contribution >= 4 is 5.91 Å². The monoisotopic (exact) mass is 282 g/mol. The molecule has 0 radical (unpaired) electrons. The Labute approximate surface area is 123 Å². The van der Waals surface area contributed by atoms with Crippen molar-refractivity contribution in [2.75, 3.05) is 59.9 Å². The van der Waals surface area contributed by atoms with Crippen molar-refractivity contribution in [3.05, 3.63) is 0 Å². The standard InChI is InChI=1S/C15H30N4O/c1-13(16-2)14-5-4-6-18(11-14)12-15(20)19-9-7-17(3)8-10-19/h13-14,16H,4-12H2,1-3H3. The molecule has 1 N–H and O–H groups in total. The molecule has 2 saturated heterocycles. The van der Waals surface area contributed by atoms with Gasteiger partial charge in [0, 0.05) is 38.8 Å². The molecule has 116 valence electrons. The minimum absolute atomic E-state index is 0.316. The minimum Gasteiger partial charge on any atom is -0.339 e. The van der Waals surface area contributed by atoms with Crippen LogP contribution >= 0.6 is 0 Å². The van der Waals surface area contributed by atoms with Gasteiger partial charge in [-0.3, -0.25) is 9.69 Å². The van der Waals surface area contributed by atoms with Gasteiger partial charge >= 0.3 is 0 Å². The molecule has 0 aromatic rings. The Hall–Kier alpha value is -0.650. The van der Waals surface area contributed by atoms with Crippen LogP contribution in [0.1, 0.15) is 19.8 Å². The van der Waals surface area contributed by atoms with Gasteiger partial charge in [-0.05, 0) is 46.3 Å². The lowest BCUT2D eigenvalue weighted by atomic mass is 9.91. The summed E-state index contributed by atoms with van der Waals surface area (Å²) in [5, 5.41) is 3.35. The maximum absolute atomic E-state index is 12.4. The summed E-state index contributed by atoms with van der Waals surface area (Å²) >= 11 is 0. The second kappa shape index (κ2) is 7.38. The normalized spacial score (nSPS) is 27.6. The van der Waals surface area contributed by atoms with Crippen LogP contribution in [0.4, 0.5) is 0 Å². The second-order valence-corrected chi connectivity index (χ2v) is 6.40. The van der Waals surface area contributed by atoms with Crippen LogP contribution in [0.2, 0.25) is 0 Å². The third-order valence-corrected chi connectivity index (χ3v) is 4.92. The molecule has 1 amide bonds. The molecule has 2 aliphatic rings. The summed E-state index contributed by atoms with van der Waals surface area (Å²) in [6, 6.07) is 0.538. The first kappa shape index (κ1) is 15.7. The van der Waals surface area contributed by atoms with Gasteiger partial charge in [-0.1, -0.05) is 0 Å². The van der Waals surface area contributed by atoms with E-state index in [1.165, 1.54) is 12.8 Å². The van der Waals surface area contributed by atoms with Crippen molar-refractivity contribution in [3.63, 3.8) is 0 Å². The van der Waals surface area contributed by atoms with Crippen molar-refractivity contribution in [1.82, 2.24) is 20.0 Å². The van der Waals surface area contributed by atoms with Crippen LogP contribution in [0.5, 0.6) is 0 Å². The first-order valence-corrected chi connectivity index (χ1v) is 7.96. The molecule has 0 aliphatic carbocycles. The molecule has 2 heterocycles. The van der Waals surface area contributed by atoms with E-state index >= 15 is 0 Å². The topological polar surface area (TPSA) is 38.8 Å². The summed E-state index contributed by atoms with van der Waals surface area (Å²) in [4.78, 5) is 19.0. The lowest BCUT2D eigenvalue weighted by molar-refractivity contribution is -0.134. The van der Waals surface area contributed by atoms with Gasteiger partial charge in [-0.2, -0.15) is 0 Å². The summed E-state index contributed by atoms with van der Waals surface area (Å²) < 4.78 is 0. The lowest BCUT2D eigenvalue weighted by Crippen LogP contribution is -2.52. The van der Waals surface area contributed by atoms with E-state index in [0.29, 0.717) is 24.4 Å². The fraction of sp³-hybridized carbons (Fsp3) is 0.933. The number of piperazine rings is 1. The highest BCUT2D eigenvalue weighted by molar-refractivity contribution is 5.78. The Morgan fingerprint density at radius 2 is 1.95 bits per heavy atom. The summed E-state index contributed by atoms with van der Waals surface area (Å²) in [6.45, 7) is 8.77. The summed E-state index contributed by atoms with van der Waals surface area (Å²) in [7, 11) is 4.15. The van der Waals surface area contributed by atoms with E-state index in [2.05, 4.69) is 29.1 Å². The molecule has 0 bridgehead atoms. The van der Waals surface area contributed by atoms with E-state index in [4.69, 9.17) is 0 Å². The SMILES string of the molecule is CNC(C)C1CCCN(CC(=O)N2CCN(C)CC2)C1. The fourth-order valence-electron chi connectivity index (χ4n) is 3.23. The van der Waals surface area contributed by atoms with Gasteiger partial charge in [-0.25, -0.2) is 0 Å². The van der Waals surface area contributed by atoms with Gasteiger partial charge in [0.25, 0.3) is 0 Å². The Kier molecular flexibility index (Phi) is 5.81. The van der Waals surface area contributed by atoms with Crippen LogP contribution in [0, 0.1) is 5.92 Å². The summed E-state index contributed by atoms with van der Waals surface area (Å²) in [5.74, 6) is 0.991. The van der Waals surface area contributed by atoms with Gasteiger partial charge in [-0.15, -0.1) is 0 Å². The van der Waals surface area contributed by atoms with Crippen LogP contribution in [-0.2, 0) is 4.79 Å². The highest BCUT2D eigenvalue weighted by Gasteiger charge is 2.27. The van der Waals surface area contributed by atoms with Gasteiger partial charge in [0.2, 0.25) is 5.91 Å². The maximum atomic E-state index is 12.4. The van der Waals surface area contributed by atoms with Crippen molar-refractivity contribution < 1.29 is 4.79 Å². The van der Waals surface area contributed by atoms with E-state index in [0.717, 1.165) is 39.3 Å². The predicted molar refractivity (Wildman–Crippen MR) is 81.8 cm³/mol. The number of likely N-dealkylation sites (tertiary alicyclic amines) is 1. The van der Waals surface area contributed by atoms with Crippen LogP contribution in [-0.4, -0.2) is 86.6 Å². The van der Waals surface area contributed by atoms with Gasteiger partial charge in [0.05, 0.1) is 6.54 Å². The van der Waals surface area contributed by atoms with Crippen LogP contribution in [0.3, 0.4) is 0 Å². The summed E-state index contributed by atoms with van der Waals surface area (Å²) in [6.07, 6.45) is 2.49. The first-order valence-electron chi connectivity index (χ1n) is 7.96. The molecule has 20 heavy (non-hydrogen) atoms. The number of carbonyl (C=O) groups excluding carboxylic acids is 1. The zero-order valence-electron chi connectivity index (χ0n) is 13.3. The highest BCUT2D eigenvalue weighted by Crippen LogP contribution is 2.19. The van der Waals surface area contributed by atoms with Gasteiger partial charge < -0.3 is 15.1 Å². The van der Waals surface area contributed by atoms with Crippen molar-refractivity contribution in [1.29, 1.82) is 0 Å². The van der Waals surface area contributed by atoms with Crippen molar-refractivity contribution in [3.8, 4) is 0 Å². The van der Waals surface area contributed by atoms with Crippen molar-refractivity contribution in [2.24, 2.45) is 5.92 Å². The molecule has 2 aliphatic heterocycles. The lowest BCUT2D eigenvalue weighted by Gasteiger charge is -2.37. The Morgan fingerprint density at radius 1 is 1.25 bits per heavy atom. The molecule has 5 heteroatoms. The quantitative estimate of drug-likeness (QED) is 0.793. The molecule has 2 atom stereocenters. The molecular weight excluding hydrogens is 252 g/mol. The molecule has 2 rings (SSSR count). The predicted octanol–water partition coefficient (Wildman–Crippen LogP) is 0.0803. The molecule has 2 unspecified atom stereocenters. The average Bonchev–Trinajstić information content (AvgIpc) is 2.47. The smallest absolute Gasteiger partial charge is 0.236 e. The zero-order chi connectivity index (χ0) is 14.5. The van der Waals surface area contributed by atoms with E-state index < -0.39 is 0 Å². The number of rotatable bonds is 4. The van der Waals surface area contributed by atoms with Crippen LogP contribution < -0.4 is 5.32 Å². The van der Waals surface area contributed by atoms with Gasteiger partial charge in [0.15, 0.2) is 0 Å². The van der Waals surface area contributed by atoms with Gasteiger partial charge in [0.1, 0.15) is 0 Å². The Balaban J connectivity index is 1.78. The number of nitrogens with zero attached hydrogens (tertiary/aromatic N) is 3. The van der Waals surface area contributed by atoms with E-state index in [-0.39, 0.29) is 0 Å². The number of nitrogens with one attached hydrogen (secondary N) is 1. The van der Waals surface area contributed by atoms with E-state index in [1.54, 1.807) is 0 Å². The number of hydrogen-bond donors (Lipinski definition) is 1. The maximum Gasteiger partial charge on any atom is 0.236 e. The number of amides is 1. The van der Waals surface area contributed by atoms with E-state index in [1.807, 2.05) is 11.9 Å². The Morgan fingerprint density at radius 3 is 2.60 bits per heavy atom. The molecular formula is C15H30N4O. The van der Waals surface area contributed by atoms with Crippen LogP contribution in [0.25, 0.3) is 0 Å². The largest absolute Gasteiger partial charge is 0.339 e. The zero-order valence-corrected chi connectivity index (χ0v) is 13.3. The molecule has 5 nitrogen and oxygen atoms in total. The minimum atomic E-state index is 0.316. The first-order chi connectivity index (χ1) is 9.60. The summed E-state index contributed by atoms with van der Waals surface area (Å²) in [5.41, 5.74) is 0. The van der Waals surface area contributed by atoms with Crippen LogP contribution in [0.15, 0.2) is 0 Å². The second-order valence-electron chi connectivity index (χ2n) is 6.40. The third kappa shape index (κ3) is 4.17.